The van der Waals surface area contributed by atoms with Crippen LogP contribution in [0.4, 0.5) is 10.1 Å². The molecule has 6 heteroatoms. The Morgan fingerprint density at radius 2 is 1.68 bits per heavy atom. The lowest BCUT2D eigenvalue weighted by molar-refractivity contribution is 0.102. The molecule has 172 valence electrons. The number of amides is 1. The maximum atomic E-state index is 14.0. The normalized spacial score (nSPS) is 11.3. The quantitative estimate of drug-likeness (QED) is 0.394. The monoisotopic (exact) mass is 454 g/mol. The number of benzene rings is 3. The third kappa shape index (κ3) is 5.17. The van der Waals surface area contributed by atoms with E-state index < -0.39 is 0 Å². The number of rotatable bonds is 5. The SMILES string of the molecule is Cc1c(NC(=O)c2ccc(C(C)(C)C)cc2)cccc1-c1ncnc(Cc2ccccc2F)n1. The summed E-state index contributed by atoms with van der Waals surface area (Å²) in [6.07, 6.45) is 1.70. The minimum Gasteiger partial charge on any atom is -0.322 e. The predicted molar refractivity (Wildman–Crippen MR) is 132 cm³/mol. The smallest absolute Gasteiger partial charge is 0.255 e. The van der Waals surface area contributed by atoms with Crippen molar-refractivity contribution in [2.24, 2.45) is 0 Å². The number of hydrogen-bond acceptors (Lipinski definition) is 4. The van der Waals surface area contributed by atoms with Crippen LogP contribution >= 0.6 is 0 Å². The highest BCUT2D eigenvalue weighted by molar-refractivity contribution is 6.05. The maximum absolute atomic E-state index is 14.0. The minimum absolute atomic E-state index is 0.0234. The first-order valence-corrected chi connectivity index (χ1v) is 11.2. The fourth-order valence-corrected chi connectivity index (χ4v) is 3.69. The Morgan fingerprint density at radius 3 is 2.38 bits per heavy atom. The van der Waals surface area contributed by atoms with E-state index in [1.54, 1.807) is 18.2 Å². The Balaban J connectivity index is 1.56. The zero-order valence-electron chi connectivity index (χ0n) is 19.8. The largest absolute Gasteiger partial charge is 0.322 e. The summed E-state index contributed by atoms with van der Waals surface area (Å²) in [5, 5.41) is 3.00. The van der Waals surface area contributed by atoms with E-state index in [2.05, 4.69) is 41.0 Å². The van der Waals surface area contributed by atoms with E-state index in [0.29, 0.717) is 28.5 Å². The summed E-state index contributed by atoms with van der Waals surface area (Å²) in [6.45, 7) is 8.33. The molecule has 1 heterocycles. The lowest BCUT2D eigenvalue weighted by Gasteiger charge is -2.19. The van der Waals surface area contributed by atoms with Gasteiger partial charge in [0.2, 0.25) is 0 Å². The van der Waals surface area contributed by atoms with E-state index >= 15 is 0 Å². The average Bonchev–Trinajstić information content (AvgIpc) is 2.81. The molecule has 0 spiro atoms. The van der Waals surface area contributed by atoms with Crippen molar-refractivity contribution in [2.45, 2.75) is 39.5 Å². The summed E-state index contributed by atoms with van der Waals surface area (Å²) >= 11 is 0. The number of anilines is 1. The molecule has 1 amide bonds. The van der Waals surface area contributed by atoms with Gasteiger partial charge in [-0.05, 0) is 53.3 Å². The van der Waals surface area contributed by atoms with Gasteiger partial charge in [0.05, 0.1) is 0 Å². The molecule has 0 aliphatic carbocycles. The molecular formula is C28H27FN4O. The second-order valence-corrected chi connectivity index (χ2v) is 9.25. The van der Waals surface area contributed by atoms with E-state index in [0.717, 1.165) is 11.1 Å². The molecule has 0 saturated carbocycles. The van der Waals surface area contributed by atoms with Crippen LogP contribution in [0.25, 0.3) is 11.4 Å². The molecule has 0 saturated heterocycles. The highest BCUT2D eigenvalue weighted by Crippen LogP contribution is 2.27. The number of nitrogens with zero attached hydrogens (tertiary/aromatic N) is 3. The van der Waals surface area contributed by atoms with Crippen molar-refractivity contribution in [2.75, 3.05) is 5.32 Å². The average molecular weight is 455 g/mol. The van der Waals surface area contributed by atoms with E-state index in [-0.39, 0.29) is 23.6 Å². The topological polar surface area (TPSA) is 67.8 Å². The zero-order valence-corrected chi connectivity index (χ0v) is 19.8. The molecule has 0 atom stereocenters. The number of carbonyl (C=O) groups excluding carboxylic acids is 1. The Hall–Kier alpha value is -3.93. The molecule has 5 nitrogen and oxygen atoms in total. The van der Waals surface area contributed by atoms with Gasteiger partial charge in [0.15, 0.2) is 5.82 Å². The van der Waals surface area contributed by atoms with Crippen molar-refractivity contribution in [3.63, 3.8) is 0 Å². The van der Waals surface area contributed by atoms with Gasteiger partial charge in [0.25, 0.3) is 5.91 Å². The molecule has 0 aliphatic rings. The fourth-order valence-electron chi connectivity index (χ4n) is 3.69. The molecule has 1 N–H and O–H groups in total. The molecule has 0 aliphatic heterocycles. The van der Waals surface area contributed by atoms with Crippen molar-refractivity contribution in [3.8, 4) is 11.4 Å². The van der Waals surface area contributed by atoms with Gasteiger partial charge >= 0.3 is 0 Å². The summed E-state index contributed by atoms with van der Waals surface area (Å²) in [4.78, 5) is 26.0. The van der Waals surface area contributed by atoms with Crippen LogP contribution in [-0.4, -0.2) is 20.9 Å². The Kier molecular flexibility index (Phi) is 6.50. The summed E-state index contributed by atoms with van der Waals surface area (Å²) in [5.74, 6) is 0.477. The second-order valence-electron chi connectivity index (χ2n) is 9.25. The van der Waals surface area contributed by atoms with Crippen molar-refractivity contribution < 1.29 is 9.18 Å². The van der Waals surface area contributed by atoms with Crippen LogP contribution in [-0.2, 0) is 11.8 Å². The first-order chi connectivity index (χ1) is 16.2. The number of aromatic nitrogens is 3. The van der Waals surface area contributed by atoms with Gasteiger partial charge in [0, 0.05) is 23.2 Å². The van der Waals surface area contributed by atoms with Crippen molar-refractivity contribution in [1.29, 1.82) is 0 Å². The van der Waals surface area contributed by atoms with Crippen LogP contribution in [0.1, 0.15) is 53.6 Å². The van der Waals surface area contributed by atoms with Crippen molar-refractivity contribution in [3.05, 3.63) is 107 Å². The Morgan fingerprint density at radius 1 is 0.941 bits per heavy atom. The van der Waals surface area contributed by atoms with Crippen LogP contribution < -0.4 is 5.32 Å². The third-order valence-corrected chi connectivity index (χ3v) is 5.76. The molecule has 4 rings (SSSR count). The third-order valence-electron chi connectivity index (χ3n) is 5.76. The number of hydrogen-bond donors (Lipinski definition) is 1. The van der Waals surface area contributed by atoms with Gasteiger partial charge in [-0.2, -0.15) is 0 Å². The highest BCUT2D eigenvalue weighted by Gasteiger charge is 2.16. The molecule has 0 fully saturated rings. The summed E-state index contributed by atoms with van der Waals surface area (Å²) in [6, 6.07) is 19.8. The van der Waals surface area contributed by atoms with Crippen LogP contribution in [0.3, 0.4) is 0 Å². The maximum Gasteiger partial charge on any atom is 0.255 e. The number of nitrogens with one attached hydrogen (secondary N) is 1. The van der Waals surface area contributed by atoms with Gasteiger partial charge < -0.3 is 5.32 Å². The van der Waals surface area contributed by atoms with Crippen LogP contribution in [0, 0.1) is 12.7 Å². The van der Waals surface area contributed by atoms with E-state index in [4.69, 9.17) is 0 Å². The lowest BCUT2D eigenvalue weighted by atomic mass is 9.86. The van der Waals surface area contributed by atoms with E-state index in [1.165, 1.54) is 18.0 Å². The summed E-state index contributed by atoms with van der Waals surface area (Å²) in [7, 11) is 0. The van der Waals surface area contributed by atoms with Crippen LogP contribution in [0.2, 0.25) is 0 Å². The van der Waals surface area contributed by atoms with E-state index in [9.17, 15) is 9.18 Å². The first kappa shape index (κ1) is 23.2. The van der Waals surface area contributed by atoms with Crippen LogP contribution in [0.15, 0.2) is 73.1 Å². The van der Waals surface area contributed by atoms with Gasteiger partial charge in [-0.15, -0.1) is 0 Å². The molecule has 4 aromatic rings. The number of halogens is 1. The molecule has 0 bridgehead atoms. The summed E-state index contributed by atoms with van der Waals surface area (Å²) < 4.78 is 14.0. The van der Waals surface area contributed by atoms with Gasteiger partial charge in [0.1, 0.15) is 18.0 Å². The minimum atomic E-state index is -0.291. The molecule has 34 heavy (non-hydrogen) atoms. The van der Waals surface area contributed by atoms with Crippen molar-refractivity contribution in [1.82, 2.24) is 15.0 Å². The predicted octanol–water partition coefficient (Wildman–Crippen LogP) is 6.13. The van der Waals surface area contributed by atoms with Gasteiger partial charge in [-0.3, -0.25) is 4.79 Å². The molecule has 3 aromatic carbocycles. The first-order valence-electron chi connectivity index (χ1n) is 11.2. The molecular weight excluding hydrogens is 427 g/mol. The second kappa shape index (κ2) is 9.51. The Bertz CT molecular complexity index is 1330. The lowest BCUT2D eigenvalue weighted by Crippen LogP contribution is -2.15. The van der Waals surface area contributed by atoms with Gasteiger partial charge in [-0.1, -0.05) is 63.2 Å². The highest BCUT2D eigenvalue weighted by atomic mass is 19.1. The van der Waals surface area contributed by atoms with Crippen LogP contribution in [0.5, 0.6) is 0 Å². The molecule has 0 radical (unpaired) electrons. The van der Waals surface area contributed by atoms with E-state index in [1.807, 2.05) is 49.4 Å². The Labute approximate surface area is 199 Å². The molecule has 0 unspecified atom stereocenters. The standard InChI is InChI=1S/C28H27FN4O/c1-18-22(26-31-17-30-25(33-26)16-20-8-5-6-10-23(20)29)9-7-11-24(18)32-27(34)19-12-14-21(15-13-19)28(2,3)4/h5-15,17H,16H2,1-4H3,(H,32,34). The molecule has 1 aromatic heterocycles. The number of carbonyl (C=O) groups is 1. The fraction of sp³-hybridized carbons (Fsp3) is 0.214. The van der Waals surface area contributed by atoms with Crippen molar-refractivity contribution >= 4 is 11.6 Å². The van der Waals surface area contributed by atoms with Gasteiger partial charge in [-0.25, -0.2) is 19.3 Å². The zero-order chi connectivity index (χ0) is 24.3. The summed E-state index contributed by atoms with van der Waals surface area (Å²) in [5.41, 5.74) is 4.60.